The number of nitrogens with zero attached hydrogens (tertiary/aromatic N) is 2. The molecular formula is C28H30N4O5. The Morgan fingerprint density at radius 1 is 0.973 bits per heavy atom. The summed E-state index contributed by atoms with van der Waals surface area (Å²) in [4.78, 5) is 30.5. The number of anilines is 2. The molecule has 0 saturated carbocycles. The lowest BCUT2D eigenvalue weighted by molar-refractivity contribution is -0.115. The summed E-state index contributed by atoms with van der Waals surface area (Å²) in [5.41, 5.74) is 3.79. The minimum Gasteiger partial charge on any atom is -0.497 e. The fraction of sp³-hybridized carbons (Fsp3) is 0.250. The van der Waals surface area contributed by atoms with E-state index in [2.05, 4.69) is 15.6 Å². The lowest BCUT2D eigenvalue weighted by atomic mass is 10.1. The van der Waals surface area contributed by atoms with Crippen LogP contribution in [0.1, 0.15) is 21.6 Å². The van der Waals surface area contributed by atoms with Gasteiger partial charge in [0.25, 0.3) is 0 Å². The topological polar surface area (TPSA) is 104 Å². The molecule has 0 fully saturated rings. The highest BCUT2D eigenvalue weighted by atomic mass is 16.5. The maximum Gasteiger partial charge on any atom is 0.356 e. The first-order valence-electron chi connectivity index (χ1n) is 11.8. The molecular weight excluding hydrogens is 472 g/mol. The van der Waals surface area contributed by atoms with Crippen molar-refractivity contribution in [2.75, 3.05) is 38.6 Å². The van der Waals surface area contributed by atoms with E-state index in [1.165, 1.54) is 7.11 Å². The van der Waals surface area contributed by atoms with Crippen molar-refractivity contribution in [1.82, 2.24) is 9.55 Å². The molecule has 4 aromatic rings. The Kier molecular flexibility index (Phi) is 8.37. The van der Waals surface area contributed by atoms with E-state index in [0.29, 0.717) is 36.4 Å². The number of carbonyl (C=O) groups is 2. The minimum atomic E-state index is -0.572. The number of pyridine rings is 1. The van der Waals surface area contributed by atoms with Crippen LogP contribution in [-0.2, 0) is 33.8 Å². The maximum absolute atomic E-state index is 13.0. The molecule has 0 aliphatic carbocycles. The van der Waals surface area contributed by atoms with Crippen LogP contribution in [0.3, 0.4) is 0 Å². The first-order chi connectivity index (χ1) is 18.0. The van der Waals surface area contributed by atoms with Gasteiger partial charge in [-0.2, -0.15) is 0 Å². The van der Waals surface area contributed by atoms with Crippen molar-refractivity contribution in [2.45, 2.75) is 19.5 Å². The van der Waals surface area contributed by atoms with E-state index >= 15 is 0 Å². The summed E-state index contributed by atoms with van der Waals surface area (Å²) < 4.78 is 17.3. The molecule has 0 bridgehead atoms. The lowest BCUT2D eigenvalue weighted by Crippen LogP contribution is -2.19. The third-order valence-electron chi connectivity index (χ3n) is 5.92. The van der Waals surface area contributed by atoms with E-state index in [-0.39, 0.29) is 18.0 Å². The Morgan fingerprint density at radius 2 is 1.73 bits per heavy atom. The zero-order chi connectivity index (χ0) is 26.2. The summed E-state index contributed by atoms with van der Waals surface area (Å²) in [6.45, 7) is 1.27. The maximum atomic E-state index is 13.0. The molecule has 9 nitrogen and oxygen atoms in total. The molecule has 192 valence electrons. The normalized spacial score (nSPS) is 10.8. The molecule has 0 aliphatic rings. The van der Waals surface area contributed by atoms with Gasteiger partial charge in [-0.15, -0.1) is 0 Å². The summed E-state index contributed by atoms with van der Waals surface area (Å²) in [6, 6.07) is 19.0. The van der Waals surface area contributed by atoms with Crippen molar-refractivity contribution < 1.29 is 23.8 Å². The first-order valence-corrected chi connectivity index (χ1v) is 11.8. The van der Waals surface area contributed by atoms with Gasteiger partial charge in [-0.25, -0.2) is 9.78 Å². The van der Waals surface area contributed by atoms with Crippen molar-refractivity contribution in [3.05, 3.63) is 83.7 Å². The van der Waals surface area contributed by atoms with Crippen LogP contribution in [-0.4, -0.2) is 49.4 Å². The quantitative estimate of drug-likeness (QED) is 0.295. The Morgan fingerprint density at radius 3 is 2.41 bits per heavy atom. The largest absolute Gasteiger partial charge is 0.497 e. The van der Waals surface area contributed by atoms with Crippen LogP contribution in [0.5, 0.6) is 5.75 Å². The smallest absolute Gasteiger partial charge is 0.356 e. The fourth-order valence-corrected chi connectivity index (χ4v) is 4.07. The number of esters is 1. The first kappa shape index (κ1) is 25.7. The highest BCUT2D eigenvalue weighted by molar-refractivity contribution is 6.11. The van der Waals surface area contributed by atoms with Crippen LogP contribution in [0, 0.1) is 0 Å². The second kappa shape index (κ2) is 12.0. The van der Waals surface area contributed by atoms with Crippen LogP contribution < -0.4 is 15.4 Å². The summed E-state index contributed by atoms with van der Waals surface area (Å²) in [5, 5.41) is 6.93. The molecule has 9 heteroatoms. The number of amides is 1. The fourth-order valence-electron chi connectivity index (χ4n) is 4.07. The highest BCUT2D eigenvalue weighted by Gasteiger charge is 2.26. The van der Waals surface area contributed by atoms with Gasteiger partial charge in [0, 0.05) is 25.6 Å². The van der Waals surface area contributed by atoms with Gasteiger partial charge in [0.2, 0.25) is 5.91 Å². The van der Waals surface area contributed by atoms with E-state index in [9.17, 15) is 9.59 Å². The SMILES string of the molecule is COCCn1c(C(=O)OC)c(NC(=O)Cc2ccccc2)c2cc(NCc3ccc(OC)cc3)cnc21. The summed E-state index contributed by atoms with van der Waals surface area (Å²) in [7, 11) is 4.53. The number of carbonyl (C=O) groups excluding carboxylic acids is 2. The van der Waals surface area contributed by atoms with Crippen LogP contribution in [0.25, 0.3) is 11.0 Å². The number of aromatic nitrogens is 2. The average Bonchev–Trinajstić information content (AvgIpc) is 3.23. The van der Waals surface area contributed by atoms with Crippen LogP contribution in [0.15, 0.2) is 66.9 Å². The molecule has 0 unspecified atom stereocenters. The number of fused-ring (bicyclic) bond motifs is 1. The molecule has 1 amide bonds. The van der Waals surface area contributed by atoms with Crippen molar-refractivity contribution in [2.24, 2.45) is 0 Å². The molecule has 2 heterocycles. The van der Waals surface area contributed by atoms with Crippen molar-refractivity contribution in [3.8, 4) is 5.75 Å². The molecule has 0 saturated heterocycles. The highest BCUT2D eigenvalue weighted by Crippen LogP contribution is 2.33. The monoisotopic (exact) mass is 502 g/mol. The second-order valence-corrected chi connectivity index (χ2v) is 8.37. The van der Waals surface area contributed by atoms with Gasteiger partial charge in [-0.3, -0.25) is 4.79 Å². The molecule has 4 rings (SSSR count). The van der Waals surface area contributed by atoms with Crippen LogP contribution in [0.2, 0.25) is 0 Å². The van der Waals surface area contributed by atoms with Crippen molar-refractivity contribution in [3.63, 3.8) is 0 Å². The molecule has 0 radical (unpaired) electrons. The molecule has 0 aliphatic heterocycles. The number of rotatable bonds is 11. The average molecular weight is 503 g/mol. The third-order valence-corrected chi connectivity index (χ3v) is 5.92. The number of hydrogen-bond donors (Lipinski definition) is 2. The van der Waals surface area contributed by atoms with Crippen LogP contribution in [0.4, 0.5) is 11.4 Å². The predicted molar refractivity (Wildman–Crippen MR) is 142 cm³/mol. The number of hydrogen-bond acceptors (Lipinski definition) is 7. The third kappa shape index (κ3) is 6.07. The predicted octanol–water partition coefficient (Wildman–Crippen LogP) is 4.27. The van der Waals surface area contributed by atoms with Crippen molar-refractivity contribution in [1.29, 1.82) is 0 Å². The van der Waals surface area contributed by atoms with Gasteiger partial charge in [0.05, 0.1) is 44.8 Å². The lowest BCUT2D eigenvalue weighted by Gasteiger charge is -2.10. The van der Waals surface area contributed by atoms with E-state index in [1.807, 2.05) is 60.7 Å². The number of methoxy groups -OCH3 is 3. The van der Waals surface area contributed by atoms with E-state index < -0.39 is 5.97 Å². The second-order valence-electron chi connectivity index (χ2n) is 8.37. The van der Waals surface area contributed by atoms with Gasteiger partial charge >= 0.3 is 5.97 Å². The van der Waals surface area contributed by atoms with Crippen LogP contribution >= 0.6 is 0 Å². The van der Waals surface area contributed by atoms with Gasteiger partial charge < -0.3 is 29.4 Å². The summed E-state index contributed by atoms with van der Waals surface area (Å²) in [5.74, 6) is -0.0361. The Hall–Kier alpha value is -4.37. The molecule has 0 atom stereocenters. The molecule has 0 spiro atoms. The number of benzene rings is 2. The molecule has 2 aromatic heterocycles. The van der Waals surface area contributed by atoms with E-state index in [0.717, 1.165) is 22.6 Å². The minimum absolute atomic E-state index is 0.162. The Balaban J connectivity index is 1.69. The molecule has 2 N–H and O–H groups in total. The van der Waals surface area contributed by atoms with Gasteiger partial charge in [-0.05, 0) is 29.3 Å². The zero-order valence-corrected chi connectivity index (χ0v) is 21.1. The van der Waals surface area contributed by atoms with E-state index in [1.54, 1.807) is 25.0 Å². The Labute approximate surface area is 215 Å². The number of ether oxygens (including phenoxy) is 3. The zero-order valence-electron chi connectivity index (χ0n) is 21.1. The molecule has 2 aromatic carbocycles. The Bertz CT molecular complexity index is 1370. The van der Waals surface area contributed by atoms with Gasteiger partial charge in [0.1, 0.15) is 11.4 Å². The molecule has 37 heavy (non-hydrogen) atoms. The summed E-state index contributed by atoms with van der Waals surface area (Å²) >= 11 is 0. The standard InChI is InChI=1S/C28H30N4O5/c1-35-14-13-32-26(28(34)37-3)25(31-24(33)15-19-7-5-4-6-8-19)23-16-21(18-30-27(23)32)29-17-20-9-11-22(36-2)12-10-20/h4-12,16,18,29H,13-15,17H2,1-3H3,(H,31,33). The number of nitrogens with one attached hydrogen (secondary N) is 2. The van der Waals surface area contributed by atoms with E-state index in [4.69, 9.17) is 14.2 Å². The van der Waals surface area contributed by atoms with Gasteiger partial charge in [-0.1, -0.05) is 42.5 Å². The van der Waals surface area contributed by atoms with Gasteiger partial charge in [0.15, 0.2) is 5.69 Å². The summed E-state index contributed by atoms with van der Waals surface area (Å²) in [6.07, 6.45) is 1.86. The van der Waals surface area contributed by atoms with Crippen molar-refractivity contribution >= 4 is 34.3 Å².